The smallest absolute Gasteiger partial charge is 0.171 e. The third-order valence-corrected chi connectivity index (χ3v) is 5.64. The predicted molar refractivity (Wildman–Crippen MR) is 80.9 cm³/mol. The molecule has 1 aliphatic carbocycles. The summed E-state index contributed by atoms with van der Waals surface area (Å²) in [6.45, 7) is 6.01. The predicted octanol–water partition coefficient (Wildman–Crippen LogP) is 3.86. The quantitative estimate of drug-likeness (QED) is 0.637. The van der Waals surface area contributed by atoms with E-state index >= 15 is 0 Å². The molecule has 0 amide bonds. The second kappa shape index (κ2) is 4.78. The van der Waals surface area contributed by atoms with Crippen LogP contribution in [0.1, 0.15) is 43.3 Å². The minimum absolute atomic E-state index is 0.0464. The highest BCUT2D eigenvalue weighted by molar-refractivity contribution is 7.99. The molecule has 100 valence electrons. The molecule has 0 bridgehead atoms. The van der Waals surface area contributed by atoms with Crippen LogP contribution < -0.4 is 11.1 Å². The maximum Gasteiger partial charge on any atom is 0.171 e. The van der Waals surface area contributed by atoms with Crippen LogP contribution in [0.2, 0.25) is 0 Å². The molecule has 0 radical (unpaired) electrons. The lowest BCUT2D eigenvalue weighted by Gasteiger charge is -2.27. The number of nitrogens with one attached hydrogen (secondary N) is 1. The molecule has 0 aliphatic heterocycles. The van der Waals surface area contributed by atoms with Gasteiger partial charge in [-0.15, -0.1) is 23.1 Å². The Labute approximate surface area is 117 Å². The van der Waals surface area contributed by atoms with E-state index in [1.165, 1.54) is 24.2 Å². The molecule has 0 unspecified atom stereocenters. The zero-order chi connectivity index (χ0) is 13.5. The maximum absolute atomic E-state index is 11.6. The van der Waals surface area contributed by atoms with Gasteiger partial charge in [-0.05, 0) is 38.9 Å². The van der Waals surface area contributed by atoms with Crippen molar-refractivity contribution in [2.24, 2.45) is 5.92 Å². The Morgan fingerprint density at radius 1 is 1.50 bits per heavy atom. The molecule has 3 N–H and O–H groups in total. The van der Waals surface area contributed by atoms with E-state index in [0.717, 1.165) is 15.8 Å². The van der Waals surface area contributed by atoms with Crippen molar-refractivity contribution >= 4 is 39.6 Å². The van der Waals surface area contributed by atoms with Crippen molar-refractivity contribution in [3.05, 3.63) is 4.88 Å². The minimum Gasteiger partial charge on any atom is -0.396 e. The van der Waals surface area contributed by atoms with Crippen LogP contribution >= 0.6 is 23.1 Å². The Morgan fingerprint density at radius 2 is 2.11 bits per heavy atom. The fourth-order valence-electron chi connectivity index (χ4n) is 2.17. The van der Waals surface area contributed by atoms with Crippen molar-refractivity contribution in [3.8, 4) is 0 Å². The van der Waals surface area contributed by atoms with Gasteiger partial charge in [-0.1, -0.05) is 0 Å². The Balaban J connectivity index is 2.32. The van der Waals surface area contributed by atoms with E-state index < -0.39 is 0 Å². The number of carbonyl (C=O) groups is 1. The van der Waals surface area contributed by atoms with E-state index in [1.807, 2.05) is 6.26 Å². The number of rotatable bonds is 5. The van der Waals surface area contributed by atoms with E-state index in [0.29, 0.717) is 10.6 Å². The molecular formula is C13H20N2OS2. The van der Waals surface area contributed by atoms with Crippen molar-refractivity contribution in [3.63, 3.8) is 0 Å². The van der Waals surface area contributed by atoms with Crippen LogP contribution in [-0.2, 0) is 0 Å². The second-order valence-corrected chi connectivity index (χ2v) is 7.22. The number of hydrogen-bond acceptors (Lipinski definition) is 5. The molecule has 0 aromatic carbocycles. The van der Waals surface area contributed by atoms with Crippen molar-refractivity contribution in [1.29, 1.82) is 0 Å². The van der Waals surface area contributed by atoms with Crippen LogP contribution in [0.4, 0.5) is 10.7 Å². The van der Waals surface area contributed by atoms with Gasteiger partial charge >= 0.3 is 0 Å². The summed E-state index contributed by atoms with van der Waals surface area (Å²) in [7, 11) is 0. The summed E-state index contributed by atoms with van der Waals surface area (Å²) in [5, 5.41) is 4.62. The highest BCUT2D eigenvalue weighted by Gasteiger charge is 2.38. The first kappa shape index (κ1) is 13.7. The average Bonchev–Trinajstić information content (AvgIpc) is 3.05. The van der Waals surface area contributed by atoms with Crippen LogP contribution in [-0.4, -0.2) is 17.6 Å². The van der Waals surface area contributed by atoms with Crippen LogP contribution in [0.25, 0.3) is 0 Å². The molecule has 1 fully saturated rings. The Hall–Kier alpha value is -0.680. The van der Waals surface area contributed by atoms with E-state index in [-0.39, 0.29) is 11.3 Å². The van der Waals surface area contributed by atoms with E-state index in [2.05, 4.69) is 19.2 Å². The van der Waals surface area contributed by atoms with Gasteiger partial charge in [0.15, 0.2) is 5.78 Å². The van der Waals surface area contributed by atoms with Gasteiger partial charge in [0.05, 0.1) is 15.5 Å². The maximum atomic E-state index is 11.6. The first-order valence-electron chi connectivity index (χ1n) is 6.12. The fourth-order valence-corrected chi connectivity index (χ4v) is 4.25. The average molecular weight is 284 g/mol. The number of carbonyl (C=O) groups excluding carboxylic acids is 1. The largest absolute Gasteiger partial charge is 0.396 e. The van der Waals surface area contributed by atoms with Crippen molar-refractivity contribution in [1.82, 2.24) is 0 Å². The van der Waals surface area contributed by atoms with Gasteiger partial charge in [0.2, 0.25) is 0 Å². The summed E-state index contributed by atoms with van der Waals surface area (Å²) >= 11 is 3.09. The van der Waals surface area contributed by atoms with Crippen molar-refractivity contribution in [2.45, 2.75) is 44.0 Å². The third kappa shape index (κ3) is 2.52. The lowest BCUT2D eigenvalue weighted by molar-refractivity contribution is 0.102. The summed E-state index contributed by atoms with van der Waals surface area (Å²) < 4.78 is 0. The molecule has 1 aromatic heterocycles. The summed E-state index contributed by atoms with van der Waals surface area (Å²) in [5.41, 5.74) is 6.77. The van der Waals surface area contributed by atoms with E-state index in [1.54, 1.807) is 18.7 Å². The Kier molecular flexibility index (Phi) is 3.65. The molecule has 0 spiro atoms. The van der Waals surface area contributed by atoms with Gasteiger partial charge in [0.1, 0.15) is 5.00 Å². The van der Waals surface area contributed by atoms with Crippen LogP contribution in [0, 0.1) is 5.92 Å². The number of hydrogen-bond donors (Lipinski definition) is 2. The molecule has 0 atom stereocenters. The number of anilines is 2. The molecule has 0 saturated heterocycles. The van der Waals surface area contributed by atoms with Gasteiger partial charge in [-0.2, -0.15) is 0 Å². The number of Topliss-reactive ketones (excluding diaryl/α,β-unsaturated/α-hetero) is 1. The number of nitrogen functional groups attached to an aromatic ring is 1. The molecule has 1 heterocycles. The summed E-state index contributed by atoms with van der Waals surface area (Å²) in [4.78, 5) is 13.2. The molecule has 2 rings (SSSR count). The number of thioether (sulfide) groups is 1. The third-order valence-electron chi connectivity index (χ3n) is 3.46. The molecule has 18 heavy (non-hydrogen) atoms. The molecular weight excluding hydrogens is 264 g/mol. The SMILES string of the molecule is CSc1c(NC(C)(C)C2CC2)sc(C(C)=O)c1N. The molecule has 5 heteroatoms. The van der Waals surface area contributed by atoms with Gasteiger partial charge in [-0.3, -0.25) is 4.79 Å². The highest BCUT2D eigenvalue weighted by atomic mass is 32.2. The van der Waals surface area contributed by atoms with Crippen LogP contribution in [0.5, 0.6) is 0 Å². The number of nitrogens with two attached hydrogens (primary N) is 1. The second-order valence-electron chi connectivity index (χ2n) is 5.38. The first-order valence-corrected chi connectivity index (χ1v) is 8.16. The van der Waals surface area contributed by atoms with Crippen molar-refractivity contribution < 1.29 is 4.79 Å². The van der Waals surface area contributed by atoms with Gasteiger partial charge < -0.3 is 11.1 Å². The normalized spacial score (nSPS) is 15.8. The van der Waals surface area contributed by atoms with Crippen LogP contribution in [0.3, 0.4) is 0 Å². The molecule has 1 saturated carbocycles. The lowest BCUT2D eigenvalue weighted by Crippen LogP contribution is -2.33. The van der Waals surface area contributed by atoms with Gasteiger partial charge in [0.25, 0.3) is 0 Å². The molecule has 1 aliphatic rings. The molecule has 1 aromatic rings. The Morgan fingerprint density at radius 3 is 2.56 bits per heavy atom. The molecule has 3 nitrogen and oxygen atoms in total. The highest BCUT2D eigenvalue weighted by Crippen LogP contribution is 2.47. The van der Waals surface area contributed by atoms with E-state index in [9.17, 15) is 4.79 Å². The summed E-state index contributed by atoms with van der Waals surface area (Å²) in [5.74, 6) is 0.779. The lowest BCUT2D eigenvalue weighted by atomic mass is 9.99. The van der Waals surface area contributed by atoms with Gasteiger partial charge in [0, 0.05) is 12.5 Å². The number of thiophene rings is 1. The van der Waals surface area contributed by atoms with Crippen molar-refractivity contribution in [2.75, 3.05) is 17.3 Å². The summed E-state index contributed by atoms with van der Waals surface area (Å²) in [6.07, 6.45) is 4.57. The van der Waals surface area contributed by atoms with E-state index in [4.69, 9.17) is 5.73 Å². The fraction of sp³-hybridized carbons (Fsp3) is 0.615. The Bertz CT molecular complexity index is 476. The topological polar surface area (TPSA) is 55.1 Å². The first-order chi connectivity index (χ1) is 8.36. The zero-order valence-corrected chi connectivity index (χ0v) is 12.9. The van der Waals surface area contributed by atoms with Gasteiger partial charge in [-0.25, -0.2) is 0 Å². The minimum atomic E-state index is 0.0464. The standard InChI is InChI=1S/C13H20N2OS2/c1-7(16)10-9(14)11(17-4)12(18-10)15-13(2,3)8-5-6-8/h8,15H,5-6,14H2,1-4H3. The number of ketones is 1. The van der Waals surface area contributed by atoms with Crippen LogP contribution in [0.15, 0.2) is 4.90 Å². The summed E-state index contributed by atoms with van der Waals surface area (Å²) in [6, 6.07) is 0. The zero-order valence-electron chi connectivity index (χ0n) is 11.3. The monoisotopic (exact) mass is 284 g/mol.